The van der Waals surface area contributed by atoms with Crippen molar-refractivity contribution in [1.82, 2.24) is 0 Å². The van der Waals surface area contributed by atoms with Crippen LogP contribution in [0.2, 0.25) is 0 Å². The van der Waals surface area contributed by atoms with Gasteiger partial charge in [0.2, 0.25) is 5.82 Å². The molecule has 0 unspecified atom stereocenters. The average Bonchev–Trinajstić information content (AvgIpc) is 3.19. The SMILES string of the molecule is CC1=NN(c2c(F)c(F)c(F)c(F)c2F)C(=O)/C1=C/c1ccc(SCc2ccccc2)c2ccccc12. The number of rotatable bonds is 5. The summed E-state index contributed by atoms with van der Waals surface area (Å²) < 4.78 is 69.7. The second kappa shape index (κ2) is 9.82. The minimum absolute atomic E-state index is 0.0289. The van der Waals surface area contributed by atoms with Gasteiger partial charge >= 0.3 is 0 Å². The molecule has 186 valence electrons. The normalized spacial score (nSPS) is 14.6. The fourth-order valence-electron chi connectivity index (χ4n) is 4.05. The Morgan fingerprint density at radius 3 is 2.05 bits per heavy atom. The van der Waals surface area contributed by atoms with E-state index in [0.717, 1.165) is 21.4 Å². The number of benzene rings is 4. The molecule has 9 heteroatoms. The van der Waals surface area contributed by atoms with Gasteiger partial charge in [-0.05, 0) is 41.0 Å². The number of amides is 1. The minimum atomic E-state index is -2.31. The lowest BCUT2D eigenvalue weighted by atomic mass is 10.0. The van der Waals surface area contributed by atoms with E-state index in [-0.39, 0.29) is 16.3 Å². The molecule has 0 saturated heterocycles. The first kappa shape index (κ1) is 24.7. The maximum Gasteiger partial charge on any atom is 0.280 e. The summed E-state index contributed by atoms with van der Waals surface area (Å²) in [7, 11) is 0. The molecular weight excluding hydrogens is 507 g/mol. The van der Waals surface area contributed by atoms with E-state index in [1.54, 1.807) is 11.8 Å². The molecule has 1 heterocycles. The van der Waals surface area contributed by atoms with Gasteiger partial charge in [0.05, 0.1) is 11.3 Å². The third-order valence-electron chi connectivity index (χ3n) is 5.92. The highest BCUT2D eigenvalue weighted by Gasteiger charge is 2.37. The van der Waals surface area contributed by atoms with E-state index < -0.39 is 40.7 Å². The van der Waals surface area contributed by atoms with Crippen molar-refractivity contribution in [3.63, 3.8) is 0 Å². The van der Waals surface area contributed by atoms with E-state index in [4.69, 9.17) is 0 Å². The average molecular weight is 525 g/mol. The van der Waals surface area contributed by atoms with Crippen molar-refractivity contribution >= 4 is 45.9 Å². The molecule has 1 aliphatic heterocycles. The number of hydrogen-bond donors (Lipinski definition) is 0. The van der Waals surface area contributed by atoms with Gasteiger partial charge in [0.25, 0.3) is 5.91 Å². The number of hydrogen-bond acceptors (Lipinski definition) is 3. The Balaban J connectivity index is 1.52. The van der Waals surface area contributed by atoms with Crippen molar-refractivity contribution < 1.29 is 26.7 Å². The molecule has 0 spiro atoms. The third kappa shape index (κ3) is 4.40. The summed E-state index contributed by atoms with van der Waals surface area (Å²) in [5, 5.41) is 5.78. The van der Waals surface area contributed by atoms with Crippen LogP contribution in [0.25, 0.3) is 16.8 Å². The fourth-order valence-corrected chi connectivity index (χ4v) is 5.06. The molecule has 0 aromatic heterocycles. The molecule has 5 rings (SSSR count). The largest absolute Gasteiger partial charge is 0.280 e. The summed E-state index contributed by atoms with van der Waals surface area (Å²) in [5.74, 6) is -11.1. The Kier molecular flexibility index (Phi) is 6.55. The molecule has 1 aliphatic rings. The first-order valence-electron chi connectivity index (χ1n) is 11.1. The predicted molar refractivity (Wildman–Crippen MR) is 135 cm³/mol. The van der Waals surface area contributed by atoms with Crippen molar-refractivity contribution in [3.05, 3.63) is 113 Å². The van der Waals surface area contributed by atoms with E-state index in [2.05, 4.69) is 5.10 Å². The van der Waals surface area contributed by atoms with Gasteiger partial charge < -0.3 is 0 Å². The second-order valence-corrected chi connectivity index (χ2v) is 9.27. The molecule has 0 fully saturated rings. The van der Waals surface area contributed by atoms with E-state index in [1.165, 1.54) is 18.6 Å². The maximum absolute atomic E-state index is 14.4. The summed E-state index contributed by atoms with van der Waals surface area (Å²) in [5.41, 5.74) is 0.428. The highest BCUT2D eigenvalue weighted by Crippen LogP contribution is 2.36. The van der Waals surface area contributed by atoms with Crippen LogP contribution >= 0.6 is 11.8 Å². The van der Waals surface area contributed by atoms with Crippen LogP contribution in [0.3, 0.4) is 0 Å². The van der Waals surface area contributed by atoms with E-state index >= 15 is 0 Å². The molecule has 37 heavy (non-hydrogen) atoms. The van der Waals surface area contributed by atoms with Gasteiger partial charge in [0, 0.05) is 10.6 Å². The zero-order valence-corrected chi connectivity index (χ0v) is 20.1. The smallest absolute Gasteiger partial charge is 0.267 e. The van der Waals surface area contributed by atoms with Crippen LogP contribution in [0.5, 0.6) is 0 Å². The number of nitrogens with zero attached hydrogens (tertiary/aromatic N) is 2. The molecule has 3 nitrogen and oxygen atoms in total. The van der Waals surface area contributed by atoms with Gasteiger partial charge in [0.1, 0.15) is 5.69 Å². The van der Waals surface area contributed by atoms with E-state index in [9.17, 15) is 26.7 Å². The Morgan fingerprint density at radius 1 is 0.784 bits per heavy atom. The van der Waals surface area contributed by atoms with Gasteiger partial charge in [-0.2, -0.15) is 10.1 Å². The van der Waals surface area contributed by atoms with Gasteiger partial charge in [0.15, 0.2) is 23.3 Å². The fraction of sp³-hybridized carbons (Fsp3) is 0.0714. The standard InChI is InChI=1S/C28H17F5N2OS/c1-15-20(28(36)35(34-15)27-25(32)23(30)22(29)24(31)26(27)33)13-17-11-12-21(19-10-6-5-9-18(17)19)37-14-16-7-3-2-4-8-16/h2-13H,14H2,1H3/b20-13+. The summed E-state index contributed by atoms with van der Waals surface area (Å²) >= 11 is 1.66. The molecule has 0 atom stereocenters. The molecule has 0 N–H and O–H groups in total. The number of anilines is 1. The van der Waals surface area contributed by atoms with Crippen LogP contribution in [0.4, 0.5) is 27.6 Å². The second-order valence-electron chi connectivity index (χ2n) is 8.25. The van der Waals surface area contributed by atoms with Crippen LogP contribution in [0, 0.1) is 29.1 Å². The molecule has 0 aliphatic carbocycles. The minimum Gasteiger partial charge on any atom is -0.267 e. The van der Waals surface area contributed by atoms with Gasteiger partial charge in [-0.25, -0.2) is 22.0 Å². The Bertz CT molecular complexity index is 1590. The number of carbonyl (C=O) groups is 1. The third-order valence-corrected chi connectivity index (χ3v) is 7.06. The van der Waals surface area contributed by atoms with Gasteiger partial charge in [-0.15, -0.1) is 11.8 Å². The van der Waals surface area contributed by atoms with Crippen molar-refractivity contribution in [3.8, 4) is 0 Å². The summed E-state index contributed by atoms with van der Waals surface area (Å²) in [4.78, 5) is 14.1. The number of carbonyl (C=O) groups excluding carboxylic acids is 1. The van der Waals surface area contributed by atoms with Crippen LogP contribution in [0.1, 0.15) is 18.1 Å². The monoisotopic (exact) mass is 524 g/mol. The zero-order chi connectivity index (χ0) is 26.3. The first-order valence-corrected chi connectivity index (χ1v) is 12.1. The topological polar surface area (TPSA) is 32.7 Å². The molecule has 1 amide bonds. The zero-order valence-electron chi connectivity index (χ0n) is 19.2. The predicted octanol–water partition coefficient (Wildman–Crippen LogP) is 7.63. The molecule has 0 bridgehead atoms. The quantitative estimate of drug-likeness (QED) is 0.0884. The molecule has 0 saturated carbocycles. The number of thioether (sulfide) groups is 1. The van der Waals surface area contributed by atoms with Crippen molar-refractivity contribution in [2.75, 3.05) is 5.01 Å². The lowest BCUT2D eigenvalue weighted by Gasteiger charge is -2.15. The van der Waals surface area contributed by atoms with E-state index in [0.29, 0.717) is 5.56 Å². The highest BCUT2D eigenvalue weighted by atomic mass is 32.2. The van der Waals surface area contributed by atoms with Crippen LogP contribution in [0.15, 0.2) is 82.3 Å². The first-order chi connectivity index (χ1) is 17.8. The van der Waals surface area contributed by atoms with Crippen LogP contribution in [-0.4, -0.2) is 11.6 Å². The van der Waals surface area contributed by atoms with Crippen LogP contribution < -0.4 is 5.01 Å². The molecule has 0 radical (unpaired) electrons. The number of hydrazone groups is 1. The maximum atomic E-state index is 14.4. The van der Waals surface area contributed by atoms with Gasteiger partial charge in [-0.1, -0.05) is 60.7 Å². The Hall–Kier alpha value is -3.98. The summed E-state index contributed by atoms with van der Waals surface area (Å²) in [6, 6.07) is 21.3. The number of fused-ring (bicyclic) bond motifs is 1. The van der Waals surface area contributed by atoms with Crippen molar-refractivity contribution in [1.29, 1.82) is 0 Å². The molecular formula is C28H17F5N2OS. The summed E-state index contributed by atoms with van der Waals surface area (Å²) in [6.07, 6.45) is 1.50. The highest BCUT2D eigenvalue weighted by molar-refractivity contribution is 7.98. The van der Waals surface area contributed by atoms with Crippen molar-refractivity contribution in [2.24, 2.45) is 5.10 Å². The number of halogens is 5. The molecule has 4 aromatic carbocycles. The molecule has 4 aromatic rings. The lowest BCUT2D eigenvalue weighted by Crippen LogP contribution is -2.25. The Morgan fingerprint density at radius 2 is 1.38 bits per heavy atom. The van der Waals surface area contributed by atoms with Gasteiger partial charge in [-0.3, -0.25) is 4.79 Å². The lowest BCUT2D eigenvalue weighted by molar-refractivity contribution is -0.114. The summed E-state index contributed by atoms with van der Waals surface area (Å²) in [6.45, 7) is 1.42. The van der Waals surface area contributed by atoms with Crippen LogP contribution in [-0.2, 0) is 10.5 Å². The van der Waals surface area contributed by atoms with E-state index in [1.807, 2.05) is 66.7 Å². The Labute approximate surface area is 212 Å². The van der Waals surface area contributed by atoms with Crippen molar-refractivity contribution in [2.45, 2.75) is 17.6 Å².